The molecule has 3 rings (SSSR count). The summed E-state index contributed by atoms with van der Waals surface area (Å²) >= 11 is 6.17. The van der Waals surface area contributed by atoms with Gasteiger partial charge < -0.3 is 5.32 Å². The average molecular weight is 398 g/mol. The van der Waals surface area contributed by atoms with Crippen LogP contribution < -0.4 is 10.3 Å². The third kappa shape index (κ3) is 4.21. The highest BCUT2D eigenvalue weighted by atomic mass is 35.5. The Labute approximate surface area is 158 Å². The van der Waals surface area contributed by atoms with Gasteiger partial charge in [0.2, 0.25) is 5.91 Å². The van der Waals surface area contributed by atoms with E-state index in [-0.39, 0.29) is 16.3 Å². The number of rotatable bonds is 6. The average Bonchev–Trinajstić information content (AvgIpc) is 2.58. The van der Waals surface area contributed by atoms with Crippen molar-refractivity contribution in [3.05, 3.63) is 69.8 Å². The first kappa shape index (κ1) is 19.2. The molecule has 0 spiro atoms. The molecule has 0 bridgehead atoms. The molecule has 27 heavy (non-hydrogen) atoms. The van der Waals surface area contributed by atoms with Gasteiger partial charge in [-0.15, -0.1) is 4.91 Å². The molecule has 2 aromatic carbocycles. The van der Waals surface area contributed by atoms with Crippen LogP contribution in [-0.2, 0) is 4.79 Å². The van der Waals surface area contributed by atoms with Crippen molar-refractivity contribution < 1.29 is 18.0 Å². The zero-order valence-corrected chi connectivity index (χ0v) is 14.7. The normalized spacial score (nSPS) is 16.9. The number of nitrogens with one attached hydrogen (secondary N) is 1. The Morgan fingerprint density at radius 3 is 2.52 bits per heavy atom. The maximum absolute atomic E-state index is 13.6. The van der Waals surface area contributed by atoms with E-state index in [0.717, 1.165) is 11.1 Å². The Balaban J connectivity index is 1.95. The van der Waals surface area contributed by atoms with Crippen molar-refractivity contribution in [1.82, 2.24) is 5.32 Å². The van der Waals surface area contributed by atoms with Crippen LogP contribution in [0.4, 0.5) is 18.9 Å². The predicted octanol–water partition coefficient (Wildman–Crippen LogP) is 4.62. The van der Waals surface area contributed by atoms with Crippen molar-refractivity contribution in [2.24, 2.45) is 5.29 Å². The van der Waals surface area contributed by atoms with Gasteiger partial charge in [0.15, 0.2) is 6.04 Å². The van der Waals surface area contributed by atoms with Crippen LogP contribution in [0, 0.1) is 10.7 Å². The number of carbonyl (C=O) groups excluding carboxylic acids is 1. The number of anilines is 1. The van der Waals surface area contributed by atoms with Gasteiger partial charge in [-0.05, 0) is 24.3 Å². The summed E-state index contributed by atoms with van der Waals surface area (Å²) in [5, 5.41) is 6.31. The van der Waals surface area contributed by atoms with Crippen molar-refractivity contribution in [2.75, 3.05) is 5.01 Å². The molecule has 1 aliphatic carbocycles. The molecule has 1 aliphatic rings. The number of hydrogen-bond donors (Lipinski definition) is 1. The van der Waals surface area contributed by atoms with E-state index in [1.165, 1.54) is 30.3 Å². The lowest BCUT2D eigenvalue weighted by Crippen LogP contribution is -2.53. The van der Waals surface area contributed by atoms with Crippen molar-refractivity contribution >= 4 is 23.2 Å². The fourth-order valence-electron chi connectivity index (χ4n) is 2.99. The molecular formula is C18H15ClF3N3O2. The SMILES string of the molecule is O=NN(c1cccc(F)c1)C(C(=O)NC1CC(F)(F)C1)c1ccccc1Cl. The first-order valence-corrected chi connectivity index (χ1v) is 8.49. The van der Waals surface area contributed by atoms with Gasteiger partial charge >= 0.3 is 0 Å². The number of amides is 1. The number of halogens is 4. The van der Waals surface area contributed by atoms with Crippen LogP contribution in [-0.4, -0.2) is 17.9 Å². The smallest absolute Gasteiger partial charge is 0.252 e. The van der Waals surface area contributed by atoms with Crippen molar-refractivity contribution in [3.63, 3.8) is 0 Å². The Bertz CT molecular complexity index is 857. The first-order valence-electron chi connectivity index (χ1n) is 8.11. The minimum Gasteiger partial charge on any atom is -0.351 e. The maximum Gasteiger partial charge on any atom is 0.252 e. The number of alkyl halides is 2. The molecule has 2 aromatic rings. The topological polar surface area (TPSA) is 61.8 Å². The zero-order chi connectivity index (χ0) is 19.6. The summed E-state index contributed by atoms with van der Waals surface area (Å²) in [5.74, 6) is -4.17. The summed E-state index contributed by atoms with van der Waals surface area (Å²) < 4.78 is 39.7. The van der Waals surface area contributed by atoms with Gasteiger partial charge in [0.1, 0.15) is 5.82 Å². The van der Waals surface area contributed by atoms with Crippen LogP contribution in [0.1, 0.15) is 24.4 Å². The molecule has 0 aromatic heterocycles. The lowest BCUT2D eigenvalue weighted by Gasteiger charge is -2.37. The number of nitrogens with zero attached hydrogens (tertiary/aromatic N) is 2. The largest absolute Gasteiger partial charge is 0.351 e. The molecule has 1 unspecified atom stereocenters. The van der Waals surface area contributed by atoms with Gasteiger partial charge in [0, 0.05) is 29.5 Å². The Hall–Kier alpha value is -2.61. The minimum atomic E-state index is -2.82. The molecule has 1 atom stereocenters. The van der Waals surface area contributed by atoms with E-state index in [0.29, 0.717) is 0 Å². The second-order valence-corrected chi connectivity index (χ2v) is 6.71. The molecule has 9 heteroatoms. The molecule has 0 heterocycles. The molecule has 0 saturated heterocycles. The predicted molar refractivity (Wildman–Crippen MR) is 95.0 cm³/mol. The lowest BCUT2D eigenvalue weighted by molar-refractivity contribution is -0.130. The van der Waals surface area contributed by atoms with Crippen LogP contribution in [0.25, 0.3) is 0 Å². The van der Waals surface area contributed by atoms with Gasteiger partial charge in [-0.2, -0.15) is 0 Å². The van der Waals surface area contributed by atoms with E-state index >= 15 is 0 Å². The molecule has 0 aliphatic heterocycles. The van der Waals surface area contributed by atoms with E-state index in [1.807, 2.05) is 0 Å². The summed E-state index contributed by atoms with van der Waals surface area (Å²) in [4.78, 5) is 24.3. The third-order valence-electron chi connectivity index (χ3n) is 4.29. The van der Waals surface area contributed by atoms with Crippen molar-refractivity contribution in [3.8, 4) is 0 Å². The fourth-order valence-corrected chi connectivity index (χ4v) is 3.23. The quantitative estimate of drug-likeness (QED) is 0.571. The van der Waals surface area contributed by atoms with Crippen molar-refractivity contribution in [1.29, 1.82) is 0 Å². The molecule has 1 saturated carbocycles. The third-order valence-corrected chi connectivity index (χ3v) is 4.63. The summed E-state index contributed by atoms with van der Waals surface area (Å²) in [5.41, 5.74) is 0.274. The van der Waals surface area contributed by atoms with E-state index < -0.39 is 42.6 Å². The van der Waals surface area contributed by atoms with E-state index in [1.54, 1.807) is 12.1 Å². The fraction of sp³-hybridized carbons (Fsp3) is 0.278. The number of carbonyl (C=O) groups is 1. The van der Waals surface area contributed by atoms with Crippen molar-refractivity contribution in [2.45, 2.75) is 30.8 Å². The van der Waals surface area contributed by atoms with E-state index in [9.17, 15) is 22.9 Å². The van der Waals surface area contributed by atoms with E-state index in [4.69, 9.17) is 11.6 Å². The molecule has 0 radical (unpaired) electrons. The Morgan fingerprint density at radius 1 is 1.22 bits per heavy atom. The highest BCUT2D eigenvalue weighted by Gasteiger charge is 2.47. The highest BCUT2D eigenvalue weighted by Crippen LogP contribution is 2.38. The van der Waals surface area contributed by atoms with Crippen LogP contribution in [0.3, 0.4) is 0 Å². The van der Waals surface area contributed by atoms with Gasteiger partial charge in [0.25, 0.3) is 5.92 Å². The Morgan fingerprint density at radius 2 is 1.93 bits per heavy atom. The highest BCUT2D eigenvalue weighted by molar-refractivity contribution is 6.31. The number of nitroso groups, excluding NO2 is 1. The molecule has 1 N–H and O–H groups in total. The summed E-state index contributed by atoms with van der Waals surface area (Å²) in [6, 6.07) is 9.18. The standard InChI is InChI=1S/C18H15ClF3N3O2/c19-15-7-2-1-6-14(15)16(17(26)23-12-9-18(21,22)10-12)25(24-27)13-5-3-4-11(20)8-13/h1-8,12,16H,9-10H2,(H,23,26). The molecule has 142 valence electrons. The molecule has 5 nitrogen and oxygen atoms in total. The Kier molecular flexibility index (Phi) is 5.36. The van der Waals surface area contributed by atoms with Gasteiger partial charge in [-0.3, -0.25) is 4.79 Å². The molecule has 1 fully saturated rings. The van der Waals surface area contributed by atoms with Crippen LogP contribution >= 0.6 is 11.6 Å². The minimum absolute atomic E-state index is 0.0315. The summed E-state index contributed by atoms with van der Waals surface area (Å²) in [7, 11) is 0. The zero-order valence-electron chi connectivity index (χ0n) is 13.9. The molecule has 1 amide bonds. The maximum atomic E-state index is 13.6. The van der Waals surface area contributed by atoms with Gasteiger partial charge in [-0.1, -0.05) is 35.9 Å². The second-order valence-electron chi connectivity index (χ2n) is 6.30. The van der Waals surface area contributed by atoms with E-state index in [2.05, 4.69) is 10.6 Å². The monoisotopic (exact) mass is 397 g/mol. The lowest BCUT2D eigenvalue weighted by atomic mass is 9.88. The summed E-state index contributed by atoms with van der Waals surface area (Å²) in [6.07, 6.45) is -0.967. The van der Waals surface area contributed by atoms with Gasteiger partial charge in [-0.25, -0.2) is 18.2 Å². The summed E-state index contributed by atoms with van der Waals surface area (Å²) in [6.45, 7) is 0. The first-order chi connectivity index (χ1) is 12.8. The van der Waals surface area contributed by atoms with Crippen LogP contribution in [0.5, 0.6) is 0 Å². The van der Waals surface area contributed by atoms with Crippen LogP contribution in [0.2, 0.25) is 5.02 Å². The van der Waals surface area contributed by atoms with Crippen LogP contribution in [0.15, 0.2) is 53.8 Å². The molecular weight excluding hydrogens is 383 g/mol. The van der Waals surface area contributed by atoms with Gasteiger partial charge in [0.05, 0.1) is 11.0 Å². The second kappa shape index (κ2) is 7.56. The number of benzene rings is 2. The number of hydrogen-bond acceptors (Lipinski definition) is 3.